The second-order valence-corrected chi connectivity index (χ2v) is 6.41. The minimum absolute atomic E-state index is 0. The molecule has 0 atom stereocenters. The minimum Gasteiger partial charge on any atom is -0.357 e. The SMILES string of the molecule is CCNC(=NCc1ccnc(N2CCCCCC2)c1)NCCC(F)(F)F.I. The van der Waals surface area contributed by atoms with Gasteiger partial charge in [-0.05, 0) is 37.5 Å². The molecule has 5 nitrogen and oxygen atoms in total. The molecule has 2 heterocycles. The zero-order valence-electron chi connectivity index (χ0n) is 15.7. The third kappa shape index (κ3) is 9.48. The number of hydrogen-bond acceptors (Lipinski definition) is 3. The summed E-state index contributed by atoms with van der Waals surface area (Å²) >= 11 is 0. The average molecular weight is 499 g/mol. The Bertz CT molecular complexity index is 572. The van der Waals surface area contributed by atoms with Gasteiger partial charge in [0, 0.05) is 32.4 Å². The van der Waals surface area contributed by atoms with E-state index >= 15 is 0 Å². The first-order valence-electron chi connectivity index (χ1n) is 9.27. The van der Waals surface area contributed by atoms with E-state index in [1.165, 1.54) is 25.7 Å². The van der Waals surface area contributed by atoms with Gasteiger partial charge in [-0.2, -0.15) is 13.2 Å². The maximum Gasteiger partial charge on any atom is 0.390 e. The summed E-state index contributed by atoms with van der Waals surface area (Å²) < 4.78 is 36.8. The van der Waals surface area contributed by atoms with Crippen LogP contribution < -0.4 is 15.5 Å². The van der Waals surface area contributed by atoms with Gasteiger partial charge in [0.15, 0.2) is 5.96 Å². The molecular formula is C18H29F3IN5. The van der Waals surface area contributed by atoms with Crippen LogP contribution in [0.25, 0.3) is 0 Å². The van der Waals surface area contributed by atoms with Gasteiger partial charge in [-0.15, -0.1) is 24.0 Å². The van der Waals surface area contributed by atoms with Gasteiger partial charge in [0.05, 0.1) is 13.0 Å². The van der Waals surface area contributed by atoms with E-state index in [4.69, 9.17) is 0 Å². The molecule has 1 aromatic heterocycles. The van der Waals surface area contributed by atoms with Crippen molar-refractivity contribution in [3.05, 3.63) is 23.9 Å². The molecule has 2 N–H and O–H groups in total. The molecule has 0 aliphatic carbocycles. The molecule has 0 spiro atoms. The summed E-state index contributed by atoms with van der Waals surface area (Å²) in [6, 6.07) is 3.91. The molecule has 1 aliphatic heterocycles. The number of hydrogen-bond donors (Lipinski definition) is 2. The molecule has 0 aromatic carbocycles. The van der Waals surface area contributed by atoms with Crippen LogP contribution in [-0.2, 0) is 6.54 Å². The van der Waals surface area contributed by atoms with Crippen LogP contribution >= 0.6 is 24.0 Å². The minimum atomic E-state index is -4.17. The first-order chi connectivity index (χ1) is 12.5. The number of nitrogens with zero attached hydrogens (tertiary/aromatic N) is 3. The number of aliphatic imine (C=N–C) groups is 1. The fraction of sp³-hybridized carbons (Fsp3) is 0.667. The number of alkyl halides is 3. The van der Waals surface area contributed by atoms with Gasteiger partial charge in [-0.1, -0.05) is 12.8 Å². The number of guanidine groups is 1. The van der Waals surface area contributed by atoms with Gasteiger partial charge in [0.25, 0.3) is 0 Å². The fourth-order valence-corrected chi connectivity index (χ4v) is 2.87. The smallest absolute Gasteiger partial charge is 0.357 e. The molecule has 1 aliphatic rings. The molecule has 0 radical (unpaired) electrons. The van der Waals surface area contributed by atoms with Crippen LogP contribution in [0.15, 0.2) is 23.3 Å². The van der Waals surface area contributed by atoms with Crippen LogP contribution in [0.4, 0.5) is 19.0 Å². The third-order valence-corrected chi connectivity index (χ3v) is 4.20. The Balaban J connectivity index is 0.00000364. The molecule has 0 amide bonds. The summed E-state index contributed by atoms with van der Waals surface area (Å²) in [4.78, 5) is 11.2. The highest BCUT2D eigenvalue weighted by molar-refractivity contribution is 14.0. The number of halogens is 4. The van der Waals surface area contributed by atoms with Crippen molar-refractivity contribution in [1.29, 1.82) is 0 Å². The molecule has 9 heteroatoms. The van der Waals surface area contributed by atoms with Gasteiger partial charge in [0.2, 0.25) is 0 Å². The topological polar surface area (TPSA) is 52.6 Å². The zero-order chi connectivity index (χ0) is 18.8. The maximum absolute atomic E-state index is 12.3. The number of anilines is 1. The van der Waals surface area contributed by atoms with Gasteiger partial charge >= 0.3 is 6.18 Å². The molecule has 0 bridgehead atoms. The normalized spacial score (nSPS) is 15.7. The molecule has 1 fully saturated rings. The van der Waals surface area contributed by atoms with Gasteiger partial charge in [0.1, 0.15) is 5.82 Å². The standard InChI is InChI=1S/C18H28F3N5.HI/c1-2-22-17(24-10-8-18(19,20)21)25-14-15-7-9-23-16(13-15)26-11-5-3-4-6-12-26;/h7,9,13H,2-6,8,10-12,14H2,1H3,(H2,22,24,25);1H. The highest BCUT2D eigenvalue weighted by Crippen LogP contribution is 2.19. The summed E-state index contributed by atoms with van der Waals surface area (Å²) in [5.41, 5.74) is 0.993. The second kappa shape index (κ2) is 12.2. The van der Waals surface area contributed by atoms with Crippen molar-refractivity contribution < 1.29 is 13.2 Å². The van der Waals surface area contributed by atoms with E-state index in [0.717, 1.165) is 24.5 Å². The highest BCUT2D eigenvalue weighted by Gasteiger charge is 2.26. The Morgan fingerprint density at radius 1 is 1.19 bits per heavy atom. The molecule has 0 saturated carbocycles. The lowest BCUT2D eigenvalue weighted by molar-refractivity contribution is -0.132. The molecule has 154 valence electrons. The first-order valence-corrected chi connectivity index (χ1v) is 9.27. The zero-order valence-corrected chi connectivity index (χ0v) is 18.0. The van der Waals surface area contributed by atoms with E-state index in [0.29, 0.717) is 19.0 Å². The van der Waals surface area contributed by atoms with E-state index in [-0.39, 0.29) is 30.5 Å². The van der Waals surface area contributed by atoms with Crippen molar-refractivity contribution in [3.8, 4) is 0 Å². The lowest BCUT2D eigenvalue weighted by Crippen LogP contribution is -2.38. The van der Waals surface area contributed by atoms with Gasteiger partial charge in [-0.3, -0.25) is 0 Å². The Morgan fingerprint density at radius 3 is 2.52 bits per heavy atom. The van der Waals surface area contributed by atoms with Crippen molar-refractivity contribution >= 4 is 35.8 Å². The third-order valence-electron chi connectivity index (χ3n) is 4.20. The largest absolute Gasteiger partial charge is 0.390 e. The second-order valence-electron chi connectivity index (χ2n) is 6.41. The predicted molar refractivity (Wildman–Crippen MR) is 114 cm³/mol. The number of pyridine rings is 1. The Labute approximate surface area is 176 Å². The fourth-order valence-electron chi connectivity index (χ4n) is 2.87. The molecule has 1 saturated heterocycles. The van der Waals surface area contributed by atoms with E-state index in [9.17, 15) is 13.2 Å². The lowest BCUT2D eigenvalue weighted by atomic mass is 10.2. The Kier molecular flexibility index (Phi) is 10.8. The summed E-state index contributed by atoms with van der Waals surface area (Å²) in [6.45, 7) is 4.70. The summed E-state index contributed by atoms with van der Waals surface area (Å²) in [7, 11) is 0. The summed E-state index contributed by atoms with van der Waals surface area (Å²) in [5, 5.41) is 5.70. The van der Waals surface area contributed by atoms with Crippen molar-refractivity contribution in [2.45, 2.75) is 51.7 Å². The van der Waals surface area contributed by atoms with Gasteiger partial charge < -0.3 is 15.5 Å². The predicted octanol–water partition coefficient (Wildman–Crippen LogP) is 4.09. The van der Waals surface area contributed by atoms with Crippen molar-refractivity contribution in [2.24, 2.45) is 4.99 Å². The van der Waals surface area contributed by atoms with E-state index in [1.807, 2.05) is 19.1 Å². The molecule has 1 aromatic rings. The van der Waals surface area contributed by atoms with E-state index < -0.39 is 12.6 Å². The van der Waals surface area contributed by atoms with Crippen LogP contribution in [0, 0.1) is 0 Å². The summed E-state index contributed by atoms with van der Waals surface area (Å²) in [6.07, 6.45) is 1.60. The lowest BCUT2D eigenvalue weighted by Gasteiger charge is -2.21. The van der Waals surface area contributed by atoms with E-state index in [1.54, 1.807) is 6.20 Å². The number of rotatable bonds is 6. The van der Waals surface area contributed by atoms with Crippen LogP contribution in [0.3, 0.4) is 0 Å². The monoisotopic (exact) mass is 499 g/mol. The Hall–Kier alpha value is -1.26. The van der Waals surface area contributed by atoms with Crippen molar-refractivity contribution in [3.63, 3.8) is 0 Å². The summed E-state index contributed by atoms with van der Waals surface area (Å²) in [5.74, 6) is 1.35. The Morgan fingerprint density at radius 2 is 1.89 bits per heavy atom. The van der Waals surface area contributed by atoms with Crippen LogP contribution in [0.2, 0.25) is 0 Å². The molecule has 2 rings (SSSR count). The molecule has 0 unspecified atom stereocenters. The van der Waals surface area contributed by atoms with Crippen molar-refractivity contribution in [1.82, 2.24) is 15.6 Å². The quantitative estimate of drug-likeness (QED) is 0.352. The van der Waals surface area contributed by atoms with Gasteiger partial charge in [-0.25, -0.2) is 9.98 Å². The number of aromatic nitrogens is 1. The molecular weight excluding hydrogens is 470 g/mol. The van der Waals surface area contributed by atoms with Crippen LogP contribution in [0.5, 0.6) is 0 Å². The highest BCUT2D eigenvalue weighted by atomic mass is 127. The van der Waals surface area contributed by atoms with Crippen molar-refractivity contribution in [2.75, 3.05) is 31.1 Å². The van der Waals surface area contributed by atoms with Crippen LogP contribution in [-0.4, -0.2) is 43.3 Å². The van der Waals surface area contributed by atoms with Crippen LogP contribution in [0.1, 0.15) is 44.6 Å². The first kappa shape index (κ1) is 23.8. The van der Waals surface area contributed by atoms with E-state index in [2.05, 4.69) is 25.5 Å². The number of nitrogens with one attached hydrogen (secondary N) is 2. The maximum atomic E-state index is 12.3. The average Bonchev–Trinajstić information content (AvgIpc) is 2.88. The molecule has 27 heavy (non-hydrogen) atoms.